The summed E-state index contributed by atoms with van der Waals surface area (Å²) in [6.45, 7) is 2.06. The van der Waals surface area contributed by atoms with Gasteiger partial charge in [0.05, 0.1) is 12.7 Å². The highest BCUT2D eigenvalue weighted by atomic mass is 16.5. The first-order chi connectivity index (χ1) is 11.1. The van der Waals surface area contributed by atoms with Crippen molar-refractivity contribution in [3.05, 3.63) is 29.3 Å². The molecule has 124 valence electrons. The quantitative estimate of drug-likeness (QED) is 0.805. The fourth-order valence-corrected chi connectivity index (χ4v) is 2.39. The predicted molar refractivity (Wildman–Crippen MR) is 85.6 cm³/mol. The lowest BCUT2D eigenvalue weighted by Gasteiger charge is -2.21. The SMILES string of the molecule is CCCCC(NC(=O)C1=Cc2cccc(OC)c2OC1)C(=O)O. The molecule has 1 amide bonds. The second-order valence-corrected chi connectivity index (χ2v) is 5.34. The van der Waals surface area contributed by atoms with Gasteiger partial charge in [0, 0.05) is 5.56 Å². The second kappa shape index (κ2) is 7.67. The highest BCUT2D eigenvalue weighted by Gasteiger charge is 2.24. The van der Waals surface area contributed by atoms with Crippen LogP contribution in [0.1, 0.15) is 31.7 Å². The number of unbranched alkanes of at least 4 members (excludes halogenated alkanes) is 1. The predicted octanol–water partition coefficient (Wildman–Crippen LogP) is 2.23. The van der Waals surface area contributed by atoms with Gasteiger partial charge in [-0.1, -0.05) is 31.9 Å². The molecule has 1 heterocycles. The van der Waals surface area contributed by atoms with Crippen LogP contribution in [0, 0.1) is 0 Å². The molecule has 23 heavy (non-hydrogen) atoms. The summed E-state index contributed by atoms with van der Waals surface area (Å²) in [6.07, 6.45) is 3.73. The Labute approximate surface area is 135 Å². The van der Waals surface area contributed by atoms with Crippen LogP contribution in [0.25, 0.3) is 6.08 Å². The molecule has 1 atom stereocenters. The van der Waals surface area contributed by atoms with Gasteiger partial charge < -0.3 is 19.9 Å². The Morgan fingerprint density at radius 3 is 2.87 bits per heavy atom. The molecular formula is C17H21NO5. The fourth-order valence-electron chi connectivity index (χ4n) is 2.39. The molecule has 1 aromatic rings. The number of hydrogen-bond donors (Lipinski definition) is 2. The van der Waals surface area contributed by atoms with Crippen LogP contribution in [0.2, 0.25) is 0 Å². The number of carboxylic acids is 1. The average Bonchev–Trinajstić information content (AvgIpc) is 2.56. The number of carboxylic acid groups (broad SMARTS) is 1. The summed E-state index contributed by atoms with van der Waals surface area (Å²) in [5, 5.41) is 11.8. The van der Waals surface area contributed by atoms with Gasteiger partial charge in [-0.05, 0) is 18.6 Å². The lowest BCUT2D eigenvalue weighted by Crippen LogP contribution is -2.42. The molecule has 0 saturated heterocycles. The van der Waals surface area contributed by atoms with E-state index in [2.05, 4.69) is 5.32 Å². The Morgan fingerprint density at radius 2 is 2.22 bits per heavy atom. The van der Waals surface area contributed by atoms with Crippen molar-refractivity contribution in [2.75, 3.05) is 13.7 Å². The highest BCUT2D eigenvalue weighted by molar-refractivity contribution is 6.01. The van der Waals surface area contributed by atoms with Crippen molar-refractivity contribution < 1.29 is 24.2 Å². The number of aliphatic carboxylic acids is 1. The molecule has 2 rings (SSSR count). The Kier molecular flexibility index (Phi) is 5.62. The topological polar surface area (TPSA) is 84.9 Å². The smallest absolute Gasteiger partial charge is 0.326 e. The zero-order chi connectivity index (χ0) is 16.8. The van der Waals surface area contributed by atoms with Gasteiger partial charge in [0.25, 0.3) is 5.91 Å². The van der Waals surface area contributed by atoms with Gasteiger partial charge in [-0.15, -0.1) is 0 Å². The zero-order valence-electron chi connectivity index (χ0n) is 13.3. The molecule has 6 nitrogen and oxygen atoms in total. The molecule has 0 bridgehead atoms. The number of amides is 1. The normalized spacial score (nSPS) is 14.1. The van der Waals surface area contributed by atoms with Crippen LogP contribution in [-0.2, 0) is 9.59 Å². The van der Waals surface area contributed by atoms with E-state index in [0.717, 1.165) is 18.4 Å². The van der Waals surface area contributed by atoms with Gasteiger partial charge in [0.2, 0.25) is 0 Å². The van der Waals surface area contributed by atoms with E-state index in [9.17, 15) is 14.7 Å². The summed E-state index contributed by atoms with van der Waals surface area (Å²) < 4.78 is 10.8. The van der Waals surface area contributed by atoms with Crippen molar-refractivity contribution in [3.8, 4) is 11.5 Å². The summed E-state index contributed by atoms with van der Waals surface area (Å²) in [5.74, 6) is -0.245. The first-order valence-corrected chi connectivity index (χ1v) is 7.60. The van der Waals surface area contributed by atoms with Crippen LogP contribution >= 0.6 is 0 Å². The van der Waals surface area contributed by atoms with Crippen LogP contribution in [0.4, 0.5) is 0 Å². The molecule has 1 aliphatic rings. The molecule has 0 fully saturated rings. The van der Waals surface area contributed by atoms with Crippen molar-refractivity contribution in [1.29, 1.82) is 0 Å². The third kappa shape index (κ3) is 4.03. The Bertz CT molecular complexity index is 623. The Balaban J connectivity index is 2.13. The molecule has 2 N–H and O–H groups in total. The summed E-state index contributed by atoms with van der Waals surface area (Å²) in [5.41, 5.74) is 1.13. The van der Waals surface area contributed by atoms with E-state index < -0.39 is 17.9 Å². The van der Waals surface area contributed by atoms with Crippen LogP contribution in [-0.4, -0.2) is 36.7 Å². The molecule has 1 aromatic carbocycles. The third-order valence-corrected chi connectivity index (χ3v) is 3.67. The molecule has 0 radical (unpaired) electrons. The van der Waals surface area contributed by atoms with Crippen LogP contribution < -0.4 is 14.8 Å². The zero-order valence-corrected chi connectivity index (χ0v) is 13.3. The standard InChI is InChI=1S/C17H21NO5/c1-3-4-7-13(17(20)21)18-16(19)12-9-11-6-5-8-14(22-2)15(11)23-10-12/h5-6,8-9,13H,3-4,7,10H2,1-2H3,(H,18,19)(H,20,21). The molecule has 0 aromatic heterocycles. The monoisotopic (exact) mass is 319 g/mol. The number of carbonyl (C=O) groups excluding carboxylic acids is 1. The van der Waals surface area contributed by atoms with E-state index in [1.807, 2.05) is 13.0 Å². The van der Waals surface area contributed by atoms with E-state index in [1.165, 1.54) is 0 Å². The van der Waals surface area contributed by atoms with Crippen molar-refractivity contribution in [2.45, 2.75) is 32.2 Å². The van der Waals surface area contributed by atoms with Crippen molar-refractivity contribution in [1.82, 2.24) is 5.32 Å². The van der Waals surface area contributed by atoms with Gasteiger partial charge in [-0.25, -0.2) is 4.79 Å². The number of methoxy groups -OCH3 is 1. The molecule has 0 aliphatic carbocycles. The molecule has 0 spiro atoms. The number of ether oxygens (including phenoxy) is 2. The Morgan fingerprint density at radius 1 is 1.43 bits per heavy atom. The van der Waals surface area contributed by atoms with Crippen molar-refractivity contribution in [2.24, 2.45) is 0 Å². The number of nitrogens with one attached hydrogen (secondary N) is 1. The maximum Gasteiger partial charge on any atom is 0.326 e. The van der Waals surface area contributed by atoms with Crippen LogP contribution in [0.5, 0.6) is 11.5 Å². The molecule has 6 heteroatoms. The lowest BCUT2D eigenvalue weighted by atomic mass is 10.1. The fraction of sp³-hybridized carbons (Fsp3) is 0.412. The van der Waals surface area contributed by atoms with Gasteiger partial charge in [-0.2, -0.15) is 0 Å². The van der Waals surface area contributed by atoms with Gasteiger partial charge in [-0.3, -0.25) is 4.79 Å². The second-order valence-electron chi connectivity index (χ2n) is 5.34. The van der Waals surface area contributed by atoms with E-state index in [1.54, 1.807) is 25.3 Å². The minimum Gasteiger partial charge on any atom is -0.493 e. The van der Waals surface area contributed by atoms with Crippen LogP contribution in [0.15, 0.2) is 23.8 Å². The lowest BCUT2D eigenvalue weighted by molar-refractivity contribution is -0.141. The van der Waals surface area contributed by atoms with Gasteiger partial charge in [0.1, 0.15) is 12.6 Å². The molecule has 0 saturated carbocycles. The summed E-state index contributed by atoms with van der Waals surface area (Å²) >= 11 is 0. The van der Waals surface area contributed by atoms with E-state index >= 15 is 0 Å². The third-order valence-electron chi connectivity index (χ3n) is 3.67. The first-order valence-electron chi connectivity index (χ1n) is 7.60. The summed E-state index contributed by atoms with van der Waals surface area (Å²) in [6, 6.07) is 4.52. The number of hydrogen-bond acceptors (Lipinski definition) is 4. The van der Waals surface area contributed by atoms with Gasteiger partial charge in [0.15, 0.2) is 11.5 Å². The van der Waals surface area contributed by atoms with Crippen LogP contribution in [0.3, 0.4) is 0 Å². The maximum atomic E-state index is 12.3. The number of fused-ring (bicyclic) bond motifs is 1. The van der Waals surface area contributed by atoms with E-state index in [-0.39, 0.29) is 6.61 Å². The van der Waals surface area contributed by atoms with Gasteiger partial charge >= 0.3 is 5.97 Å². The summed E-state index contributed by atoms with van der Waals surface area (Å²) in [4.78, 5) is 23.5. The average molecular weight is 319 g/mol. The number of benzene rings is 1. The Hall–Kier alpha value is -2.50. The number of rotatable bonds is 7. The number of para-hydroxylation sites is 1. The van der Waals surface area contributed by atoms with Crippen molar-refractivity contribution >= 4 is 18.0 Å². The molecule has 1 aliphatic heterocycles. The van der Waals surface area contributed by atoms with E-state index in [4.69, 9.17) is 9.47 Å². The highest BCUT2D eigenvalue weighted by Crippen LogP contribution is 2.35. The first kappa shape index (κ1) is 16.9. The van der Waals surface area contributed by atoms with Crippen molar-refractivity contribution in [3.63, 3.8) is 0 Å². The molecular weight excluding hydrogens is 298 g/mol. The summed E-state index contributed by atoms with van der Waals surface area (Å²) in [7, 11) is 1.55. The number of carbonyl (C=O) groups is 2. The minimum absolute atomic E-state index is 0.0827. The minimum atomic E-state index is -1.02. The maximum absolute atomic E-state index is 12.3. The largest absolute Gasteiger partial charge is 0.493 e. The van der Waals surface area contributed by atoms with E-state index in [0.29, 0.717) is 23.5 Å². The molecule has 1 unspecified atom stereocenters.